The first-order chi connectivity index (χ1) is 11.5. The molecule has 0 radical (unpaired) electrons. The fraction of sp³-hybridized carbons (Fsp3) is 0.875. The van der Waals surface area contributed by atoms with E-state index in [1.165, 1.54) is 25.7 Å². The highest BCUT2D eigenvalue weighted by Gasteiger charge is 2.61. The van der Waals surface area contributed by atoms with E-state index in [2.05, 4.69) is 60.1 Å². The summed E-state index contributed by atoms with van der Waals surface area (Å²) in [5, 5.41) is 2.51. The number of rotatable bonds is 6. The zero-order chi connectivity index (χ0) is 17.4. The zero-order valence-corrected chi connectivity index (χ0v) is 18.0. The van der Waals surface area contributed by atoms with Gasteiger partial charge in [-0.3, -0.25) is 14.9 Å². The summed E-state index contributed by atoms with van der Waals surface area (Å²) < 4.78 is 5.89. The monoisotopic (exact) mass is 481 g/mol. The molecule has 2 saturated heterocycles. The number of hydrogen-bond acceptors (Lipinski definition) is 5. The summed E-state index contributed by atoms with van der Waals surface area (Å²) in [5.74, 6) is -0.192. The van der Waals surface area contributed by atoms with Gasteiger partial charge in [0.25, 0.3) is 0 Å². The predicted molar refractivity (Wildman–Crippen MR) is 104 cm³/mol. The van der Waals surface area contributed by atoms with Crippen LogP contribution in [0.1, 0.15) is 39.5 Å². The Morgan fingerprint density at radius 2 is 1.83 bits per heavy atom. The fourth-order valence-corrected chi connectivity index (χ4v) is 7.86. The van der Waals surface area contributed by atoms with Crippen LogP contribution in [-0.2, 0) is 9.59 Å². The molecule has 7 atom stereocenters. The van der Waals surface area contributed by atoms with Gasteiger partial charge in [-0.05, 0) is 12.3 Å². The molecule has 3 aliphatic rings. The maximum atomic E-state index is 12.3. The number of nitrogens with zero attached hydrogens (tertiary/aromatic N) is 1. The molecule has 0 aromatic carbocycles. The van der Waals surface area contributed by atoms with Gasteiger partial charge in [0.05, 0.1) is 17.9 Å². The molecule has 136 valence electrons. The largest absolute Gasteiger partial charge is 0.296 e. The Hall–Kier alpha value is 0.370. The molecule has 1 saturated carbocycles. The summed E-state index contributed by atoms with van der Waals surface area (Å²) in [5.41, 5.74) is 0. The highest BCUT2D eigenvalue weighted by molar-refractivity contribution is 9.10. The Balaban J connectivity index is 1.75. The van der Waals surface area contributed by atoms with Gasteiger partial charge >= 0.3 is 0 Å². The summed E-state index contributed by atoms with van der Waals surface area (Å²) in [6.45, 7) is 5.50. The molecular formula is C16H25Br2N3O2S. The third-order valence-electron chi connectivity index (χ3n) is 5.58. The van der Waals surface area contributed by atoms with Crippen molar-refractivity contribution < 1.29 is 9.59 Å². The third kappa shape index (κ3) is 3.33. The zero-order valence-electron chi connectivity index (χ0n) is 14.0. The summed E-state index contributed by atoms with van der Waals surface area (Å²) in [6, 6.07) is 0.355. The van der Waals surface area contributed by atoms with E-state index in [0.29, 0.717) is 5.92 Å². The lowest BCUT2D eigenvalue weighted by Gasteiger charge is -2.42. The number of amides is 2. The molecule has 8 heteroatoms. The summed E-state index contributed by atoms with van der Waals surface area (Å²) in [7, 11) is 0. The van der Waals surface area contributed by atoms with Crippen molar-refractivity contribution in [2.24, 2.45) is 17.8 Å². The van der Waals surface area contributed by atoms with Crippen LogP contribution in [0.3, 0.4) is 0 Å². The van der Waals surface area contributed by atoms with Gasteiger partial charge in [0.1, 0.15) is 0 Å². The van der Waals surface area contributed by atoms with Crippen molar-refractivity contribution in [3.63, 3.8) is 0 Å². The lowest BCUT2D eigenvalue weighted by molar-refractivity contribution is -0.126. The molecule has 3 rings (SSSR count). The van der Waals surface area contributed by atoms with Gasteiger partial charge in [-0.1, -0.05) is 65.0 Å². The summed E-state index contributed by atoms with van der Waals surface area (Å²) in [6.07, 6.45) is 4.91. The fourth-order valence-electron chi connectivity index (χ4n) is 4.11. The Labute approximate surface area is 165 Å². The normalized spacial score (nSPS) is 40.3. The number of fused-ring (bicyclic) bond motifs is 2. The molecular weight excluding hydrogens is 458 g/mol. The van der Waals surface area contributed by atoms with Gasteiger partial charge in [-0.25, -0.2) is 9.03 Å². The number of carbonyl (C=O) groups is 2. The average Bonchev–Trinajstić information content (AvgIpc) is 3.10. The van der Waals surface area contributed by atoms with Gasteiger partial charge in [-0.15, -0.1) is 0 Å². The van der Waals surface area contributed by atoms with Crippen molar-refractivity contribution in [1.29, 1.82) is 0 Å². The van der Waals surface area contributed by atoms with E-state index in [4.69, 9.17) is 0 Å². The number of nitrogens with one attached hydrogen (secondary N) is 2. The molecule has 3 fully saturated rings. The van der Waals surface area contributed by atoms with Crippen molar-refractivity contribution in [2.45, 2.75) is 61.3 Å². The van der Waals surface area contributed by atoms with Gasteiger partial charge < -0.3 is 0 Å². The van der Waals surface area contributed by atoms with Gasteiger partial charge in [-0.2, -0.15) is 0 Å². The van der Waals surface area contributed by atoms with E-state index in [-0.39, 0.29) is 45.4 Å². The predicted octanol–water partition coefficient (Wildman–Crippen LogP) is 2.84. The van der Waals surface area contributed by atoms with Crippen LogP contribution in [0.4, 0.5) is 0 Å². The molecule has 2 heterocycles. The van der Waals surface area contributed by atoms with E-state index in [9.17, 15) is 9.59 Å². The lowest BCUT2D eigenvalue weighted by Crippen LogP contribution is -2.59. The van der Waals surface area contributed by atoms with E-state index in [1.807, 2.05) is 0 Å². The van der Waals surface area contributed by atoms with Crippen LogP contribution in [0.15, 0.2) is 0 Å². The molecule has 2 aliphatic heterocycles. The van der Waals surface area contributed by atoms with Crippen LogP contribution in [0.5, 0.6) is 0 Å². The topological polar surface area (TPSA) is 61.4 Å². The number of halogens is 2. The number of imide groups is 1. The van der Waals surface area contributed by atoms with Crippen LogP contribution in [-0.4, -0.2) is 44.4 Å². The highest BCUT2D eigenvalue weighted by atomic mass is 79.9. The van der Waals surface area contributed by atoms with Crippen molar-refractivity contribution in [2.75, 3.05) is 6.54 Å². The highest BCUT2D eigenvalue weighted by Crippen LogP contribution is 2.48. The number of carbonyl (C=O) groups excluding carboxylic acids is 2. The van der Waals surface area contributed by atoms with Crippen molar-refractivity contribution in [1.82, 2.24) is 14.3 Å². The minimum atomic E-state index is -0.293. The average molecular weight is 483 g/mol. The second kappa shape index (κ2) is 7.94. The molecule has 2 N–H and O–H groups in total. The second-order valence-corrected chi connectivity index (χ2v) is 10.0. The molecule has 2 amide bonds. The molecule has 0 spiro atoms. The maximum absolute atomic E-state index is 12.3. The number of alkyl halides is 2. The first kappa shape index (κ1) is 19.1. The summed E-state index contributed by atoms with van der Waals surface area (Å²) >= 11 is 9.14. The van der Waals surface area contributed by atoms with Crippen molar-refractivity contribution in [3.8, 4) is 0 Å². The van der Waals surface area contributed by atoms with E-state index < -0.39 is 0 Å². The molecule has 0 aromatic rings. The van der Waals surface area contributed by atoms with Crippen molar-refractivity contribution in [3.05, 3.63) is 0 Å². The Morgan fingerprint density at radius 1 is 1.17 bits per heavy atom. The van der Waals surface area contributed by atoms with Crippen molar-refractivity contribution >= 4 is 55.8 Å². The van der Waals surface area contributed by atoms with E-state index in [0.717, 1.165) is 6.54 Å². The molecule has 0 bridgehead atoms. The van der Waals surface area contributed by atoms with Gasteiger partial charge in [0, 0.05) is 34.4 Å². The third-order valence-corrected chi connectivity index (χ3v) is 8.84. The lowest BCUT2D eigenvalue weighted by atomic mass is 9.75. The maximum Gasteiger partial charge on any atom is 0.231 e. The quantitative estimate of drug-likeness (QED) is 0.346. The first-order valence-electron chi connectivity index (χ1n) is 8.81. The summed E-state index contributed by atoms with van der Waals surface area (Å²) in [4.78, 5) is 24.4. The first-order valence-corrected chi connectivity index (χ1v) is 11.4. The minimum absolute atomic E-state index is 0.0149. The standard InChI is InChI=1S/C16H25Br2N3O2S/c1-3-5-6-8(4-2)7-21-14-12(18)10-9(15(22)19-16(10)23)11(17)13(14)20-24-21/h8-14,20H,3-7H2,1-2H3,(H,19,22,23). The van der Waals surface area contributed by atoms with Crippen LogP contribution >= 0.6 is 44.0 Å². The SMILES string of the molecule is CCCCC(CC)CN1SNC2C(Br)C3C(=O)NC(=O)C3C(Br)C21. The second-order valence-electron chi connectivity index (χ2n) is 7.04. The van der Waals surface area contributed by atoms with Gasteiger partial charge in [0.2, 0.25) is 11.8 Å². The molecule has 5 nitrogen and oxygen atoms in total. The Morgan fingerprint density at radius 3 is 2.46 bits per heavy atom. The van der Waals surface area contributed by atoms with Gasteiger partial charge in [0.15, 0.2) is 0 Å². The minimum Gasteiger partial charge on any atom is -0.296 e. The number of unbranched alkanes of at least 4 members (excludes halogenated alkanes) is 1. The smallest absolute Gasteiger partial charge is 0.231 e. The Bertz CT molecular complexity index is 510. The van der Waals surface area contributed by atoms with E-state index >= 15 is 0 Å². The van der Waals surface area contributed by atoms with Crippen LogP contribution in [0.2, 0.25) is 0 Å². The molecule has 1 aliphatic carbocycles. The molecule has 24 heavy (non-hydrogen) atoms. The van der Waals surface area contributed by atoms with Crippen LogP contribution in [0, 0.1) is 17.8 Å². The number of hydrogen-bond donors (Lipinski definition) is 2. The van der Waals surface area contributed by atoms with E-state index in [1.54, 1.807) is 12.1 Å². The molecule has 0 aromatic heterocycles. The molecule has 7 unspecified atom stereocenters. The Kier molecular flexibility index (Phi) is 6.34. The van der Waals surface area contributed by atoms with Crippen LogP contribution < -0.4 is 10.0 Å². The van der Waals surface area contributed by atoms with Crippen LogP contribution in [0.25, 0.3) is 0 Å².